The molecule has 0 radical (unpaired) electrons. The maximum atomic E-state index is 13.7. The number of carbonyl (C=O) groups is 3. The molecule has 0 saturated carbocycles. The molecule has 1 amide bonds. The Morgan fingerprint density at radius 3 is 2.46 bits per heavy atom. The second kappa shape index (κ2) is 12.0. The van der Waals surface area contributed by atoms with Crippen molar-refractivity contribution >= 4 is 63.4 Å². The summed E-state index contributed by atoms with van der Waals surface area (Å²) in [5.74, 6) is -1.76. The molecular formula is C31H28ClN5O4. The first-order valence-corrected chi connectivity index (χ1v) is 12.7. The van der Waals surface area contributed by atoms with Gasteiger partial charge in [-0.05, 0) is 49.2 Å². The summed E-state index contributed by atoms with van der Waals surface area (Å²) in [7, 11) is 0. The van der Waals surface area contributed by atoms with E-state index in [1.54, 1.807) is 54.7 Å². The molecule has 5 rings (SSSR count). The molecule has 41 heavy (non-hydrogen) atoms. The van der Waals surface area contributed by atoms with Crippen molar-refractivity contribution in [2.75, 3.05) is 11.4 Å². The van der Waals surface area contributed by atoms with Gasteiger partial charge in [0.1, 0.15) is 12.4 Å². The average Bonchev–Trinajstić information content (AvgIpc) is 3.29. The van der Waals surface area contributed by atoms with E-state index in [1.165, 1.54) is 4.90 Å². The number of H-pyrrole nitrogens is 1. The van der Waals surface area contributed by atoms with Gasteiger partial charge >= 0.3 is 5.97 Å². The number of rotatable bonds is 9. The number of ketones is 1. The lowest BCUT2D eigenvalue weighted by molar-refractivity contribution is -0.135. The minimum atomic E-state index is -1.17. The smallest absolute Gasteiger partial charge is 0.323 e. The van der Waals surface area contributed by atoms with Crippen molar-refractivity contribution in [3.8, 4) is 0 Å². The lowest BCUT2D eigenvalue weighted by Gasteiger charge is -2.22. The Labute approximate surface area is 241 Å². The summed E-state index contributed by atoms with van der Waals surface area (Å²) >= 11 is 0. The molecule has 0 fully saturated rings. The monoisotopic (exact) mass is 569 g/mol. The molecule has 2 aromatic heterocycles. The molecular weight excluding hydrogens is 542 g/mol. The summed E-state index contributed by atoms with van der Waals surface area (Å²) in [5, 5.41) is 18.6. The lowest BCUT2D eigenvalue weighted by Crippen LogP contribution is -2.36. The van der Waals surface area contributed by atoms with E-state index in [9.17, 15) is 19.5 Å². The van der Waals surface area contributed by atoms with Crippen LogP contribution in [0.15, 0.2) is 79.0 Å². The van der Waals surface area contributed by atoms with Crippen LogP contribution in [0.1, 0.15) is 44.0 Å². The molecule has 0 bridgehead atoms. The zero-order chi connectivity index (χ0) is 28.4. The molecule has 5 aromatic rings. The van der Waals surface area contributed by atoms with Crippen LogP contribution >= 0.6 is 12.4 Å². The van der Waals surface area contributed by atoms with Crippen LogP contribution in [-0.2, 0) is 11.2 Å². The predicted molar refractivity (Wildman–Crippen MR) is 161 cm³/mol. The summed E-state index contributed by atoms with van der Waals surface area (Å²) in [5.41, 5.74) is 10.1. The molecule has 0 spiro atoms. The minimum absolute atomic E-state index is 0. The fourth-order valence-electron chi connectivity index (χ4n) is 4.91. The highest BCUT2D eigenvalue weighted by molar-refractivity contribution is 6.16. The van der Waals surface area contributed by atoms with Gasteiger partial charge < -0.3 is 15.8 Å². The number of nitrogen functional groups attached to an aromatic ring is 1. The number of benzene rings is 3. The largest absolute Gasteiger partial charge is 0.480 e. The van der Waals surface area contributed by atoms with E-state index in [0.29, 0.717) is 45.3 Å². The third-order valence-electron chi connectivity index (χ3n) is 6.87. The number of nitrogens with zero attached hydrogens (tertiary/aromatic N) is 2. The highest BCUT2D eigenvalue weighted by atomic mass is 35.5. The first kappa shape index (κ1) is 29.0. The van der Waals surface area contributed by atoms with Gasteiger partial charge in [-0.15, -0.1) is 12.4 Å². The Kier molecular flexibility index (Phi) is 8.49. The second-order valence-electron chi connectivity index (χ2n) is 9.55. The van der Waals surface area contributed by atoms with Crippen LogP contribution in [-0.4, -0.2) is 45.1 Å². The Hall–Kier alpha value is -5.02. The van der Waals surface area contributed by atoms with Crippen LogP contribution in [0, 0.1) is 12.3 Å². The number of aromatic amines is 1. The Morgan fingerprint density at radius 1 is 1.02 bits per heavy atom. The molecule has 2 heterocycles. The van der Waals surface area contributed by atoms with Gasteiger partial charge in [-0.3, -0.25) is 29.7 Å². The molecule has 208 valence electrons. The van der Waals surface area contributed by atoms with E-state index in [1.807, 2.05) is 31.2 Å². The van der Waals surface area contributed by atoms with Crippen molar-refractivity contribution in [2.45, 2.75) is 19.8 Å². The number of aryl methyl sites for hydroxylation is 2. The number of aliphatic carboxylic acids is 1. The number of anilines is 1. The number of amidine groups is 1. The average molecular weight is 570 g/mol. The predicted octanol–water partition coefficient (Wildman–Crippen LogP) is 5.28. The van der Waals surface area contributed by atoms with Gasteiger partial charge in [0, 0.05) is 51.4 Å². The zero-order valence-electron chi connectivity index (χ0n) is 22.2. The first-order valence-electron chi connectivity index (χ1n) is 12.7. The minimum Gasteiger partial charge on any atom is -0.480 e. The molecule has 0 saturated heterocycles. The number of carboxylic acids is 1. The number of para-hydroxylation sites is 1. The van der Waals surface area contributed by atoms with Crippen molar-refractivity contribution in [3.05, 3.63) is 107 Å². The zero-order valence-corrected chi connectivity index (χ0v) is 23.0. The summed E-state index contributed by atoms with van der Waals surface area (Å²) < 4.78 is 0. The standard InChI is InChI=1S/C31H27N5O4.ClH/c1-18-28(26(37)14-9-19-7-10-21(11-8-19)30(32)33)24-16-22(12-13-25(24)35-18)36(17-27(38)39)31(40)23-6-2-4-20-5-3-15-34-29(20)23;/h2-8,10-13,15-16,35H,9,14,17H2,1H3,(H3,32,33)(H,38,39);1H. The van der Waals surface area contributed by atoms with Gasteiger partial charge in [0.2, 0.25) is 0 Å². The summed E-state index contributed by atoms with van der Waals surface area (Å²) in [4.78, 5) is 47.7. The summed E-state index contributed by atoms with van der Waals surface area (Å²) in [6.07, 6.45) is 2.34. The quantitative estimate of drug-likeness (QED) is 0.108. The molecule has 10 heteroatoms. The van der Waals surface area contributed by atoms with Crippen molar-refractivity contribution in [3.63, 3.8) is 0 Å². The molecule has 0 unspecified atom stereocenters. The van der Waals surface area contributed by atoms with Gasteiger partial charge in [0.25, 0.3) is 5.91 Å². The first-order chi connectivity index (χ1) is 19.2. The fraction of sp³-hybridized carbons (Fsp3) is 0.129. The molecule has 0 aliphatic heterocycles. The van der Waals surface area contributed by atoms with Crippen LogP contribution in [0.5, 0.6) is 0 Å². The summed E-state index contributed by atoms with van der Waals surface area (Å²) in [6, 6.07) is 21.1. The van der Waals surface area contributed by atoms with E-state index in [0.717, 1.165) is 10.9 Å². The fourth-order valence-corrected chi connectivity index (χ4v) is 4.91. The Bertz CT molecular complexity index is 1790. The van der Waals surface area contributed by atoms with Crippen LogP contribution in [0.3, 0.4) is 0 Å². The molecule has 5 N–H and O–H groups in total. The Morgan fingerprint density at radius 2 is 1.76 bits per heavy atom. The summed E-state index contributed by atoms with van der Waals surface area (Å²) in [6.45, 7) is 1.26. The van der Waals surface area contributed by atoms with Gasteiger partial charge in [-0.25, -0.2) is 0 Å². The van der Waals surface area contributed by atoms with Crippen molar-refractivity contribution < 1.29 is 19.5 Å². The number of carbonyl (C=O) groups excluding carboxylic acids is 2. The van der Waals surface area contributed by atoms with Crippen molar-refractivity contribution in [1.29, 1.82) is 5.41 Å². The molecule has 0 atom stereocenters. The maximum Gasteiger partial charge on any atom is 0.323 e. The number of nitrogens with two attached hydrogens (primary N) is 1. The Balaban J connectivity index is 0.00000387. The number of fused-ring (bicyclic) bond motifs is 2. The van der Waals surface area contributed by atoms with E-state index in [-0.39, 0.29) is 36.0 Å². The van der Waals surface area contributed by atoms with E-state index >= 15 is 0 Å². The SMILES string of the molecule is Cc1[nH]c2ccc(N(CC(=O)O)C(=O)c3cccc4cccnc34)cc2c1C(=O)CCc1ccc(C(=N)N)cc1.Cl. The van der Waals surface area contributed by atoms with Crippen molar-refractivity contribution in [1.82, 2.24) is 9.97 Å². The third-order valence-corrected chi connectivity index (χ3v) is 6.87. The number of aromatic nitrogens is 2. The van der Waals surface area contributed by atoms with Gasteiger partial charge in [0.05, 0.1) is 11.1 Å². The van der Waals surface area contributed by atoms with Gasteiger partial charge in [-0.1, -0.05) is 42.5 Å². The number of pyridine rings is 1. The van der Waals surface area contributed by atoms with Crippen LogP contribution in [0.25, 0.3) is 21.8 Å². The maximum absolute atomic E-state index is 13.7. The second-order valence-corrected chi connectivity index (χ2v) is 9.55. The number of hydrogen-bond acceptors (Lipinski definition) is 5. The highest BCUT2D eigenvalue weighted by Gasteiger charge is 2.24. The molecule has 3 aromatic carbocycles. The highest BCUT2D eigenvalue weighted by Crippen LogP contribution is 2.30. The normalized spacial score (nSPS) is 10.8. The van der Waals surface area contributed by atoms with E-state index in [4.69, 9.17) is 11.1 Å². The van der Waals surface area contributed by atoms with Gasteiger partial charge in [-0.2, -0.15) is 0 Å². The number of Topliss-reactive ketones (excluding diaryl/α,β-unsaturated/α-hetero) is 1. The lowest BCUT2D eigenvalue weighted by atomic mass is 9.99. The molecule has 9 nitrogen and oxygen atoms in total. The van der Waals surface area contributed by atoms with Crippen LogP contribution in [0.4, 0.5) is 5.69 Å². The molecule has 0 aliphatic rings. The van der Waals surface area contributed by atoms with E-state index < -0.39 is 18.4 Å². The van der Waals surface area contributed by atoms with E-state index in [2.05, 4.69) is 9.97 Å². The third kappa shape index (κ3) is 5.95. The van der Waals surface area contributed by atoms with Crippen LogP contribution < -0.4 is 10.6 Å². The van der Waals surface area contributed by atoms with Crippen LogP contribution in [0.2, 0.25) is 0 Å². The topological polar surface area (TPSA) is 153 Å². The number of hydrogen-bond donors (Lipinski definition) is 4. The molecule has 0 aliphatic carbocycles. The number of amides is 1. The number of halogens is 1. The number of nitrogens with one attached hydrogen (secondary N) is 2. The van der Waals surface area contributed by atoms with Crippen molar-refractivity contribution in [2.24, 2.45) is 5.73 Å². The number of carboxylic acid groups (broad SMARTS) is 1. The van der Waals surface area contributed by atoms with Gasteiger partial charge in [0.15, 0.2) is 5.78 Å².